The van der Waals surface area contributed by atoms with E-state index >= 15 is 0 Å². The molecule has 4 rings (SSSR count). The Hall–Kier alpha value is -0.860. The lowest BCUT2D eigenvalue weighted by Gasteiger charge is -2.61. The van der Waals surface area contributed by atoms with Gasteiger partial charge in [-0.1, -0.05) is 60.8 Å². The Morgan fingerprint density at radius 2 is 1.74 bits per heavy atom. The number of piperidine rings is 1. The summed E-state index contributed by atoms with van der Waals surface area (Å²) >= 11 is 0. The number of amides is 1. The van der Waals surface area contributed by atoms with E-state index in [2.05, 4.69) is 41.5 Å². The molecule has 2 unspecified atom stereocenters. The molecule has 3 nitrogen and oxygen atoms in total. The van der Waals surface area contributed by atoms with Crippen LogP contribution in [0.15, 0.2) is 0 Å². The number of ketones is 1. The lowest BCUT2D eigenvalue weighted by molar-refractivity contribution is -0.167. The summed E-state index contributed by atoms with van der Waals surface area (Å²) in [7, 11) is 1.94. The van der Waals surface area contributed by atoms with Crippen LogP contribution >= 0.6 is 0 Å². The maximum Gasteiger partial charge on any atom is 0.222 e. The molecule has 0 aromatic rings. The van der Waals surface area contributed by atoms with Gasteiger partial charge in [0.1, 0.15) is 5.78 Å². The van der Waals surface area contributed by atoms with E-state index in [1.165, 1.54) is 38.5 Å². The van der Waals surface area contributed by atoms with Crippen LogP contribution in [-0.2, 0) is 9.59 Å². The predicted octanol–water partition coefficient (Wildman–Crippen LogP) is 6.35. The van der Waals surface area contributed by atoms with E-state index in [1.807, 2.05) is 11.9 Å². The fourth-order valence-corrected chi connectivity index (χ4v) is 9.44. The van der Waals surface area contributed by atoms with Gasteiger partial charge in [0.2, 0.25) is 5.91 Å². The molecule has 1 heterocycles. The first-order chi connectivity index (χ1) is 14.5. The van der Waals surface area contributed by atoms with Gasteiger partial charge >= 0.3 is 0 Å². The van der Waals surface area contributed by atoms with Crippen molar-refractivity contribution in [1.82, 2.24) is 4.90 Å². The van der Waals surface area contributed by atoms with Crippen LogP contribution in [-0.4, -0.2) is 29.7 Å². The Morgan fingerprint density at radius 1 is 1.03 bits per heavy atom. The lowest BCUT2D eigenvalue weighted by atomic mass is 9.46. The van der Waals surface area contributed by atoms with E-state index in [-0.39, 0.29) is 23.3 Å². The number of Topliss-reactive ketones (excluding diaryl/α,β-unsaturated/α-hetero) is 1. The summed E-state index contributed by atoms with van der Waals surface area (Å²) < 4.78 is 0. The van der Waals surface area contributed by atoms with Crippen LogP contribution in [0.2, 0.25) is 0 Å². The molecule has 0 aromatic heterocycles. The van der Waals surface area contributed by atoms with Crippen LogP contribution in [0.4, 0.5) is 0 Å². The molecule has 0 radical (unpaired) electrons. The van der Waals surface area contributed by atoms with Gasteiger partial charge < -0.3 is 4.90 Å². The highest BCUT2D eigenvalue weighted by Gasteiger charge is 2.65. The van der Waals surface area contributed by atoms with Crippen molar-refractivity contribution in [1.29, 1.82) is 0 Å². The van der Waals surface area contributed by atoms with Crippen molar-refractivity contribution in [3.8, 4) is 0 Å². The Morgan fingerprint density at radius 3 is 2.42 bits per heavy atom. The van der Waals surface area contributed by atoms with Gasteiger partial charge in [0.25, 0.3) is 0 Å². The number of carbonyl (C=O) groups is 2. The minimum Gasteiger partial charge on any atom is -0.342 e. The van der Waals surface area contributed by atoms with E-state index in [0.29, 0.717) is 35.9 Å². The number of likely N-dealkylation sites (tertiary alicyclic amines) is 1. The average molecular weight is 430 g/mol. The van der Waals surface area contributed by atoms with Gasteiger partial charge in [-0.3, -0.25) is 9.59 Å². The normalized spacial score (nSPS) is 46.0. The van der Waals surface area contributed by atoms with Crippen molar-refractivity contribution in [2.24, 2.45) is 52.3 Å². The fourth-order valence-electron chi connectivity index (χ4n) is 9.44. The number of carbonyl (C=O) groups excluding carboxylic acids is 2. The number of rotatable bonds is 5. The third-order valence-electron chi connectivity index (χ3n) is 10.9. The smallest absolute Gasteiger partial charge is 0.222 e. The summed E-state index contributed by atoms with van der Waals surface area (Å²) in [5.74, 6) is 4.97. The van der Waals surface area contributed by atoms with Crippen molar-refractivity contribution < 1.29 is 9.59 Å². The first-order valence-corrected chi connectivity index (χ1v) is 13.3. The van der Waals surface area contributed by atoms with E-state index in [4.69, 9.17) is 0 Å². The molecule has 1 amide bonds. The molecule has 3 heteroatoms. The molecule has 1 saturated heterocycles. The lowest BCUT2D eigenvalue weighted by Crippen LogP contribution is -2.64. The van der Waals surface area contributed by atoms with Crippen LogP contribution in [0, 0.1) is 52.3 Å². The highest BCUT2D eigenvalue weighted by molar-refractivity contribution is 5.86. The second-order valence-corrected chi connectivity index (χ2v) is 13.0. The number of hydrogen-bond acceptors (Lipinski definition) is 2. The molecule has 3 aliphatic carbocycles. The Labute approximate surface area is 191 Å². The van der Waals surface area contributed by atoms with Gasteiger partial charge in [-0.05, 0) is 72.0 Å². The molecular weight excluding hydrogens is 382 g/mol. The van der Waals surface area contributed by atoms with E-state index in [1.54, 1.807) is 0 Å². The van der Waals surface area contributed by atoms with Crippen LogP contribution in [0.3, 0.4) is 0 Å². The van der Waals surface area contributed by atoms with Gasteiger partial charge in [0.15, 0.2) is 0 Å². The van der Waals surface area contributed by atoms with Crippen molar-refractivity contribution in [3.05, 3.63) is 0 Å². The Bertz CT molecular complexity index is 716. The molecule has 31 heavy (non-hydrogen) atoms. The van der Waals surface area contributed by atoms with Gasteiger partial charge in [-0.2, -0.15) is 0 Å². The molecular formula is C28H47NO2. The number of fused-ring (bicyclic) bond motifs is 5. The summed E-state index contributed by atoms with van der Waals surface area (Å²) in [6.07, 6.45) is 9.93. The average Bonchev–Trinajstić information content (AvgIpc) is 2.96. The predicted molar refractivity (Wildman–Crippen MR) is 126 cm³/mol. The quantitative estimate of drug-likeness (QED) is 0.510. The van der Waals surface area contributed by atoms with Crippen LogP contribution in [0.1, 0.15) is 99.3 Å². The molecule has 4 aliphatic rings. The maximum absolute atomic E-state index is 13.7. The second kappa shape index (κ2) is 8.17. The molecule has 0 aromatic carbocycles. The van der Waals surface area contributed by atoms with Gasteiger partial charge in [0.05, 0.1) is 0 Å². The number of hydrogen-bond donors (Lipinski definition) is 0. The molecule has 4 fully saturated rings. The molecule has 176 valence electrons. The molecule has 0 N–H and O–H groups in total. The fraction of sp³-hybridized carbons (Fsp3) is 0.929. The SMILES string of the molecule is CC(C)CCC[C@@H](C)[C@H]1C(C)C[C@H]2[C@@H]3C(=O)CC4N(C)C(=O)CC[C@]4(C)[C@H]3CC[C@]12C. The molecule has 3 saturated carbocycles. The van der Waals surface area contributed by atoms with E-state index in [9.17, 15) is 9.59 Å². The minimum atomic E-state index is 0.118. The Balaban J connectivity index is 1.58. The third kappa shape index (κ3) is 3.61. The molecule has 1 aliphatic heterocycles. The van der Waals surface area contributed by atoms with Crippen LogP contribution < -0.4 is 0 Å². The second-order valence-electron chi connectivity index (χ2n) is 13.0. The highest BCUT2D eigenvalue weighted by Crippen LogP contribution is 2.67. The van der Waals surface area contributed by atoms with Gasteiger partial charge in [-0.15, -0.1) is 0 Å². The highest BCUT2D eigenvalue weighted by atomic mass is 16.2. The topological polar surface area (TPSA) is 37.4 Å². The van der Waals surface area contributed by atoms with Crippen LogP contribution in [0.25, 0.3) is 0 Å². The summed E-state index contributed by atoms with van der Waals surface area (Å²) in [5.41, 5.74) is 0.430. The molecule has 0 spiro atoms. The summed E-state index contributed by atoms with van der Waals surface area (Å²) in [5, 5.41) is 0. The Kier molecular flexibility index (Phi) is 6.14. The van der Waals surface area contributed by atoms with Gasteiger partial charge in [0, 0.05) is 31.8 Å². The largest absolute Gasteiger partial charge is 0.342 e. The molecule has 0 bridgehead atoms. The standard InChI is InChI=1S/C28H47NO2/c1-17(2)9-8-10-18(3)26-19(4)15-21-25-20(11-13-28(21,26)6)27(5)14-12-24(31)29(7)23(27)16-22(25)30/h17-21,23,25-26H,8-16H2,1-7H3/t18-,19?,20+,21+,23?,25-,26+,27-,28+/m1/s1. The summed E-state index contributed by atoms with van der Waals surface area (Å²) in [6, 6.07) is 0.122. The minimum absolute atomic E-state index is 0.118. The summed E-state index contributed by atoms with van der Waals surface area (Å²) in [4.78, 5) is 28.0. The molecule has 9 atom stereocenters. The van der Waals surface area contributed by atoms with Gasteiger partial charge in [-0.25, -0.2) is 0 Å². The maximum atomic E-state index is 13.7. The van der Waals surface area contributed by atoms with Crippen LogP contribution in [0.5, 0.6) is 0 Å². The first kappa shape index (κ1) is 23.3. The van der Waals surface area contributed by atoms with Crippen molar-refractivity contribution >= 4 is 11.7 Å². The van der Waals surface area contributed by atoms with E-state index in [0.717, 1.165) is 30.1 Å². The van der Waals surface area contributed by atoms with E-state index < -0.39 is 0 Å². The van der Waals surface area contributed by atoms with Crippen molar-refractivity contribution in [2.75, 3.05) is 7.05 Å². The van der Waals surface area contributed by atoms with Crippen molar-refractivity contribution in [3.63, 3.8) is 0 Å². The monoisotopic (exact) mass is 429 g/mol. The summed E-state index contributed by atoms with van der Waals surface area (Å²) in [6.45, 7) is 14.6. The number of nitrogens with zero attached hydrogens (tertiary/aromatic N) is 1. The zero-order valence-electron chi connectivity index (χ0n) is 21.2. The third-order valence-corrected chi connectivity index (χ3v) is 10.9. The first-order valence-electron chi connectivity index (χ1n) is 13.3. The zero-order chi connectivity index (χ0) is 22.7. The van der Waals surface area contributed by atoms with Crippen molar-refractivity contribution in [2.45, 2.75) is 105 Å². The zero-order valence-corrected chi connectivity index (χ0v) is 21.2.